The maximum Gasteiger partial charge on any atom is 0.433 e. The Bertz CT molecular complexity index is 919. The van der Waals surface area contributed by atoms with Crippen LogP contribution in [-0.2, 0) is 6.18 Å². The van der Waals surface area contributed by atoms with Gasteiger partial charge in [-0.1, -0.05) is 23.7 Å². The fourth-order valence-electron chi connectivity index (χ4n) is 2.26. The van der Waals surface area contributed by atoms with E-state index in [1.807, 2.05) is 0 Å². The molecule has 0 amide bonds. The van der Waals surface area contributed by atoms with Gasteiger partial charge in [0.05, 0.1) is 16.3 Å². The zero-order valence-electron chi connectivity index (χ0n) is 12.4. The number of hydrogen-bond acceptors (Lipinski definition) is 3. The van der Waals surface area contributed by atoms with Crippen molar-refractivity contribution >= 4 is 17.3 Å². The molecule has 128 valence electrons. The number of hydrogen-bond donors (Lipinski definition) is 0. The van der Waals surface area contributed by atoms with E-state index < -0.39 is 16.8 Å². The third-order valence-corrected chi connectivity index (χ3v) is 3.70. The molecule has 1 heterocycles. The molecule has 0 saturated carbocycles. The molecule has 3 rings (SSSR count). The molecular formula is C16H9ClF3N3O2. The summed E-state index contributed by atoms with van der Waals surface area (Å²) in [6, 6.07) is 11.8. The van der Waals surface area contributed by atoms with Gasteiger partial charge in [0, 0.05) is 22.7 Å². The summed E-state index contributed by atoms with van der Waals surface area (Å²) in [6.45, 7) is 0. The molecule has 5 nitrogen and oxygen atoms in total. The number of halogens is 4. The molecule has 0 aliphatic heterocycles. The normalized spacial score (nSPS) is 11.5. The van der Waals surface area contributed by atoms with Gasteiger partial charge in [-0.05, 0) is 30.3 Å². The van der Waals surface area contributed by atoms with Crippen molar-refractivity contribution in [1.29, 1.82) is 0 Å². The quantitative estimate of drug-likeness (QED) is 0.477. The first-order chi connectivity index (χ1) is 11.8. The Morgan fingerprint density at radius 2 is 1.64 bits per heavy atom. The van der Waals surface area contributed by atoms with Crippen LogP contribution in [0.5, 0.6) is 0 Å². The standard InChI is InChI=1S/C16H9ClF3N3O2/c17-11-3-1-10(2-4-11)14-9-15(16(18,19)20)22(21-14)12-5-7-13(8-6-12)23(24)25/h1-9H. The SMILES string of the molecule is O=[N+]([O-])c1ccc(-n2nc(-c3ccc(Cl)cc3)cc2C(F)(F)F)cc1. The van der Waals surface area contributed by atoms with Gasteiger partial charge in [-0.3, -0.25) is 10.1 Å². The first-order valence-corrected chi connectivity index (χ1v) is 7.31. The maximum absolute atomic E-state index is 13.3. The number of non-ortho nitro benzene ring substituents is 1. The van der Waals surface area contributed by atoms with E-state index in [1.54, 1.807) is 24.3 Å². The Kier molecular flexibility index (Phi) is 4.22. The van der Waals surface area contributed by atoms with Gasteiger partial charge in [0.15, 0.2) is 0 Å². The van der Waals surface area contributed by atoms with Crippen molar-refractivity contribution in [3.63, 3.8) is 0 Å². The minimum atomic E-state index is -4.64. The number of alkyl halides is 3. The third kappa shape index (κ3) is 3.48. The molecule has 0 N–H and O–H groups in total. The molecule has 2 aromatic carbocycles. The van der Waals surface area contributed by atoms with Crippen LogP contribution in [0.25, 0.3) is 16.9 Å². The van der Waals surface area contributed by atoms with Crippen LogP contribution in [-0.4, -0.2) is 14.7 Å². The van der Waals surface area contributed by atoms with Crippen molar-refractivity contribution in [1.82, 2.24) is 9.78 Å². The van der Waals surface area contributed by atoms with Gasteiger partial charge in [0.2, 0.25) is 0 Å². The molecule has 0 bridgehead atoms. The monoisotopic (exact) mass is 367 g/mol. The summed E-state index contributed by atoms with van der Waals surface area (Å²) in [7, 11) is 0. The molecular weight excluding hydrogens is 359 g/mol. The molecule has 3 aromatic rings. The van der Waals surface area contributed by atoms with Crippen LogP contribution in [0.4, 0.5) is 18.9 Å². The smallest absolute Gasteiger partial charge is 0.258 e. The van der Waals surface area contributed by atoms with Crippen LogP contribution in [0.1, 0.15) is 5.69 Å². The molecule has 0 unspecified atom stereocenters. The predicted octanol–water partition coefficient (Wildman–Crippen LogP) is 5.12. The fourth-order valence-corrected chi connectivity index (χ4v) is 2.38. The average molecular weight is 368 g/mol. The first kappa shape index (κ1) is 17.0. The fraction of sp³-hybridized carbons (Fsp3) is 0.0625. The van der Waals surface area contributed by atoms with E-state index in [4.69, 9.17) is 11.6 Å². The number of aromatic nitrogens is 2. The second-order valence-electron chi connectivity index (χ2n) is 5.10. The number of nitrogens with zero attached hydrogens (tertiary/aromatic N) is 3. The zero-order chi connectivity index (χ0) is 18.2. The van der Waals surface area contributed by atoms with Crippen LogP contribution in [0.15, 0.2) is 54.6 Å². The van der Waals surface area contributed by atoms with Crippen LogP contribution in [0, 0.1) is 10.1 Å². The van der Waals surface area contributed by atoms with Gasteiger partial charge in [0.25, 0.3) is 5.69 Å². The van der Waals surface area contributed by atoms with Crippen LogP contribution < -0.4 is 0 Å². The topological polar surface area (TPSA) is 61.0 Å². The summed E-state index contributed by atoms with van der Waals surface area (Å²) in [5.74, 6) is 0. The molecule has 25 heavy (non-hydrogen) atoms. The maximum atomic E-state index is 13.3. The number of benzene rings is 2. The molecule has 0 spiro atoms. The summed E-state index contributed by atoms with van der Waals surface area (Å²) in [6.07, 6.45) is -4.64. The van der Waals surface area contributed by atoms with E-state index in [9.17, 15) is 23.3 Å². The van der Waals surface area contributed by atoms with E-state index in [0.29, 0.717) is 15.3 Å². The predicted molar refractivity (Wildman–Crippen MR) is 85.7 cm³/mol. The number of rotatable bonds is 3. The van der Waals surface area contributed by atoms with Gasteiger partial charge in [-0.2, -0.15) is 18.3 Å². The molecule has 1 aromatic heterocycles. The summed E-state index contributed by atoms with van der Waals surface area (Å²) >= 11 is 5.78. The van der Waals surface area contributed by atoms with Crippen LogP contribution >= 0.6 is 11.6 Å². The second-order valence-corrected chi connectivity index (χ2v) is 5.54. The largest absolute Gasteiger partial charge is 0.433 e. The highest BCUT2D eigenvalue weighted by Gasteiger charge is 2.36. The van der Waals surface area contributed by atoms with E-state index >= 15 is 0 Å². The lowest BCUT2D eigenvalue weighted by Crippen LogP contribution is -2.13. The lowest BCUT2D eigenvalue weighted by Gasteiger charge is -2.09. The van der Waals surface area contributed by atoms with E-state index in [2.05, 4.69) is 5.10 Å². The third-order valence-electron chi connectivity index (χ3n) is 3.44. The Morgan fingerprint density at radius 3 is 2.16 bits per heavy atom. The molecule has 0 fully saturated rings. The van der Waals surface area contributed by atoms with Gasteiger partial charge < -0.3 is 0 Å². The van der Waals surface area contributed by atoms with Crippen LogP contribution in [0.2, 0.25) is 5.02 Å². The van der Waals surface area contributed by atoms with Crippen LogP contribution in [0.3, 0.4) is 0 Å². The molecule has 0 aliphatic carbocycles. The zero-order valence-corrected chi connectivity index (χ0v) is 13.1. The highest BCUT2D eigenvalue weighted by atomic mass is 35.5. The Balaban J connectivity index is 2.11. The van der Waals surface area contributed by atoms with Crippen molar-refractivity contribution < 1.29 is 18.1 Å². The molecule has 9 heteroatoms. The second kappa shape index (κ2) is 6.21. The highest BCUT2D eigenvalue weighted by molar-refractivity contribution is 6.30. The summed E-state index contributed by atoms with van der Waals surface area (Å²) in [4.78, 5) is 10.1. The minimum absolute atomic E-state index is 0.0677. The van der Waals surface area contributed by atoms with Crippen molar-refractivity contribution in [3.8, 4) is 16.9 Å². The van der Waals surface area contributed by atoms with Gasteiger partial charge in [-0.15, -0.1) is 0 Å². The summed E-state index contributed by atoms with van der Waals surface area (Å²) in [5, 5.41) is 15.1. The van der Waals surface area contributed by atoms with E-state index in [1.165, 1.54) is 12.1 Å². The summed E-state index contributed by atoms with van der Waals surface area (Å²) < 4.78 is 40.7. The van der Waals surface area contributed by atoms with Crippen molar-refractivity contribution in [3.05, 3.63) is 75.4 Å². The first-order valence-electron chi connectivity index (χ1n) is 6.94. The molecule has 0 saturated heterocycles. The molecule has 0 aliphatic rings. The molecule has 0 atom stereocenters. The van der Waals surface area contributed by atoms with Gasteiger partial charge in [-0.25, -0.2) is 4.68 Å². The number of nitro groups is 1. The highest BCUT2D eigenvalue weighted by Crippen LogP contribution is 2.34. The van der Waals surface area contributed by atoms with Gasteiger partial charge in [0.1, 0.15) is 5.69 Å². The Labute approximate surface area is 144 Å². The molecule has 0 radical (unpaired) electrons. The average Bonchev–Trinajstić information content (AvgIpc) is 3.01. The van der Waals surface area contributed by atoms with Crippen molar-refractivity contribution in [2.75, 3.05) is 0 Å². The Morgan fingerprint density at radius 1 is 1.04 bits per heavy atom. The summed E-state index contributed by atoms with van der Waals surface area (Å²) in [5.41, 5.74) is -0.551. The minimum Gasteiger partial charge on any atom is -0.258 e. The van der Waals surface area contributed by atoms with Crippen molar-refractivity contribution in [2.24, 2.45) is 0 Å². The van der Waals surface area contributed by atoms with E-state index in [-0.39, 0.29) is 17.1 Å². The van der Waals surface area contributed by atoms with Crippen molar-refractivity contribution in [2.45, 2.75) is 6.18 Å². The lowest BCUT2D eigenvalue weighted by atomic mass is 10.1. The van der Waals surface area contributed by atoms with Gasteiger partial charge >= 0.3 is 6.18 Å². The lowest BCUT2D eigenvalue weighted by molar-refractivity contribution is -0.384. The number of nitro benzene ring substituents is 1. The van der Waals surface area contributed by atoms with E-state index in [0.717, 1.165) is 18.2 Å². The Hall–Kier alpha value is -2.87.